The van der Waals surface area contributed by atoms with E-state index < -0.39 is 0 Å². The molecular formula is C12H15N. The number of rotatable bonds is 3. The summed E-state index contributed by atoms with van der Waals surface area (Å²) in [5, 5.41) is 8.82. The van der Waals surface area contributed by atoms with Crippen LogP contribution in [0.4, 0.5) is 0 Å². The molecule has 1 heteroatoms. The van der Waals surface area contributed by atoms with Gasteiger partial charge in [0.05, 0.1) is 11.6 Å². The van der Waals surface area contributed by atoms with E-state index >= 15 is 0 Å². The molecule has 0 aliphatic rings. The summed E-state index contributed by atoms with van der Waals surface area (Å²) in [6, 6.07) is 8.18. The van der Waals surface area contributed by atoms with Crippen molar-refractivity contribution in [2.45, 2.75) is 33.1 Å². The van der Waals surface area contributed by atoms with Gasteiger partial charge in [-0.15, -0.1) is 0 Å². The van der Waals surface area contributed by atoms with Crippen LogP contribution in [-0.4, -0.2) is 0 Å². The Morgan fingerprint density at radius 2 is 2.15 bits per heavy atom. The number of hydrogen-bond donors (Lipinski definition) is 0. The molecule has 0 saturated carbocycles. The van der Waals surface area contributed by atoms with Gasteiger partial charge in [-0.2, -0.15) is 5.26 Å². The molecule has 13 heavy (non-hydrogen) atoms. The number of nitrogens with zero attached hydrogens (tertiary/aromatic N) is 1. The van der Waals surface area contributed by atoms with Gasteiger partial charge < -0.3 is 0 Å². The molecule has 0 aliphatic carbocycles. The van der Waals surface area contributed by atoms with Crippen LogP contribution in [0.2, 0.25) is 0 Å². The molecule has 0 unspecified atom stereocenters. The highest BCUT2D eigenvalue weighted by atomic mass is 14.2. The first-order chi connectivity index (χ1) is 6.29. The first kappa shape index (κ1) is 9.80. The van der Waals surface area contributed by atoms with Crippen molar-refractivity contribution in [3.05, 3.63) is 34.9 Å². The summed E-state index contributed by atoms with van der Waals surface area (Å²) >= 11 is 0. The fourth-order valence-corrected chi connectivity index (χ4v) is 1.44. The molecule has 0 saturated heterocycles. The number of nitriles is 1. The van der Waals surface area contributed by atoms with Gasteiger partial charge in [0.15, 0.2) is 0 Å². The maximum Gasteiger partial charge on any atom is 0.0994 e. The fraction of sp³-hybridized carbons (Fsp3) is 0.417. The molecule has 0 fully saturated rings. The lowest BCUT2D eigenvalue weighted by atomic mass is 9.99. The molecule has 0 aromatic heterocycles. The van der Waals surface area contributed by atoms with E-state index in [0.29, 0.717) is 0 Å². The molecule has 0 atom stereocenters. The largest absolute Gasteiger partial charge is 0.192 e. The Hall–Kier alpha value is -1.29. The Labute approximate surface area is 80.0 Å². The summed E-state index contributed by atoms with van der Waals surface area (Å²) in [6.45, 7) is 4.22. The number of unbranched alkanes of at least 4 members (excludes halogenated alkanes) is 1. The lowest BCUT2D eigenvalue weighted by Crippen LogP contribution is -1.92. The molecule has 0 N–H and O–H groups in total. The van der Waals surface area contributed by atoms with Gasteiger partial charge in [0, 0.05) is 0 Å². The van der Waals surface area contributed by atoms with E-state index in [9.17, 15) is 0 Å². The lowest BCUT2D eigenvalue weighted by molar-refractivity contribution is 0.791. The summed E-state index contributed by atoms with van der Waals surface area (Å²) in [5.74, 6) is 0. The van der Waals surface area contributed by atoms with E-state index in [-0.39, 0.29) is 0 Å². The van der Waals surface area contributed by atoms with Crippen molar-refractivity contribution in [2.75, 3.05) is 0 Å². The number of aryl methyl sites for hydroxylation is 1. The highest BCUT2D eigenvalue weighted by Gasteiger charge is 2.01. The summed E-state index contributed by atoms with van der Waals surface area (Å²) in [4.78, 5) is 0. The second-order valence-electron chi connectivity index (χ2n) is 3.31. The standard InChI is InChI=1S/C12H15N/c1-3-4-6-11-7-5-8-12(9-13)10(11)2/h5,7-8H,3-4,6H2,1-2H3. The highest BCUT2D eigenvalue weighted by molar-refractivity contribution is 5.41. The second kappa shape index (κ2) is 4.67. The summed E-state index contributed by atoms with van der Waals surface area (Å²) < 4.78 is 0. The Bertz CT molecular complexity index is 320. The average molecular weight is 173 g/mol. The van der Waals surface area contributed by atoms with Gasteiger partial charge in [-0.3, -0.25) is 0 Å². The molecule has 1 aromatic carbocycles. The maximum atomic E-state index is 8.82. The average Bonchev–Trinajstić information content (AvgIpc) is 2.16. The smallest absolute Gasteiger partial charge is 0.0994 e. The Morgan fingerprint density at radius 3 is 2.77 bits per heavy atom. The third-order valence-electron chi connectivity index (χ3n) is 2.37. The second-order valence-corrected chi connectivity index (χ2v) is 3.31. The lowest BCUT2D eigenvalue weighted by Gasteiger charge is -2.05. The van der Waals surface area contributed by atoms with Crippen molar-refractivity contribution in [2.24, 2.45) is 0 Å². The zero-order chi connectivity index (χ0) is 9.68. The van der Waals surface area contributed by atoms with Gasteiger partial charge in [-0.25, -0.2) is 0 Å². The third kappa shape index (κ3) is 2.32. The van der Waals surface area contributed by atoms with Crippen molar-refractivity contribution >= 4 is 0 Å². The first-order valence-electron chi connectivity index (χ1n) is 4.78. The monoisotopic (exact) mass is 173 g/mol. The first-order valence-corrected chi connectivity index (χ1v) is 4.78. The van der Waals surface area contributed by atoms with Crippen LogP contribution in [0.15, 0.2) is 18.2 Å². The predicted molar refractivity (Wildman–Crippen MR) is 54.5 cm³/mol. The summed E-state index contributed by atoms with van der Waals surface area (Å²) in [5.41, 5.74) is 3.29. The number of hydrogen-bond acceptors (Lipinski definition) is 1. The quantitative estimate of drug-likeness (QED) is 0.688. The maximum absolute atomic E-state index is 8.82. The molecular weight excluding hydrogens is 158 g/mol. The van der Waals surface area contributed by atoms with E-state index in [0.717, 1.165) is 17.5 Å². The van der Waals surface area contributed by atoms with Crippen LogP contribution in [0.5, 0.6) is 0 Å². The molecule has 1 aromatic rings. The van der Waals surface area contributed by atoms with Crippen LogP contribution >= 0.6 is 0 Å². The molecule has 0 aliphatic heterocycles. The van der Waals surface area contributed by atoms with Crippen molar-refractivity contribution in [1.82, 2.24) is 0 Å². The molecule has 0 bridgehead atoms. The fourth-order valence-electron chi connectivity index (χ4n) is 1.44. The van der Waals surface area contributed by atoms with E-state index in [1.165, 1.54) is 18.4 Å². The van der Waals surface area contributed by atoms with Crippen LogP contribution in [0.25, 0.3) is 0 Å². The molecule has 1 rings (SSSR count). The minimum atomic E-state index is 0.814. The topological polar surface area (TPSA) is 23.8 Å². The van der Waals surface area contributed by atoms with Gasteiger partial charge in [0.25, 0.3) is 0 Å². The van der Waals surface area contributed by atoms with Crippen LogP contribution in [-0.2, 0) is 6.42 Å². The zero-order valence-corrected chi connectivity index (χ0v) is 8.30. The Kier molecular flexibility index (Phi) is 3.52. The summed E-state index contributed by atoms with van der Waals surface area (Å²) in [6.07, 6.45) is 3.50. The van der Waals surface area contributed by atoms with Crippen LogP contribution in [0, 0.1) is 18.3 Å². The van der Waals surface area contributed by atoms with Gasteiger partial charge in [0.1, 0.15) is 0 Å². The molecule has 0 amide bonds. The molecule has 0 heterocycles. The van der Waals surface area contributed by atoms with Crippen LogP contribution < -0.4 is 0 Å². The third-order valence-corrected chi connectivity index (χ3v) is 2.37. The van der Waals surface area contributed by atoms with Gasteiger partial charge in [-0.05, 0) is 37.0 Å². The zero-order valence-electron chi connectivity index (χ0n) is 8.30. The van der Waals surface area contributed by atoms with Gasteiger partial charge in [0.2, 0.25) is 0 Å². The predicted octanol–water partition coefficient (Wildman–Crippen LogP) is 3.21. The minimum Gasteiger partial charge on any atom is -0.192 e. The van der Waals surface area contributed by atoms with Crippen molar-refractivity contribution in [1.29, 1.82) is 5.26 Å². The van der Waals surface area contributed by atoms with Gasteiger partial charge in [-0.1, -0.05) is 25.5 Å². The Balaban J connectivity index is 2.90. The van der Waals surface area contributed by atoms with Crippen molar-refractivity contribution in [3.63, 3.8) is 0 Å². The van der Waals surface area contributed by atoms with Crippen molar-refractivity contribution < 1.29 is 0 Å². The van der Waals surface area contributed by atoms with Crippen molar-refractivity contribution in [3.8, 4) is 6.07 Å². The summed E-state index contributed by atoms with van der Waals surface area (Å²) in [7, 11) is 0. The van der Waals surface area contributed by atoms with E-state index in [4.69, 9.17) is 5.26 Å². The normalized spacial score (nSPS) is 9.62. The molecule has 0 radical (unpaired) electrons. The minimum absolute atomic E-state index is 0.814. The Morgan fingerprint density at radius 1 is 1.38 bits per heavy atom. The van der Waals surface area contributed by atoms with E-state index in [1.807, 2.05) is 19.1 Å². The SMILES string of the molecule is CCCCc1cccc(C#N)c1C. The van der Waals surface area contributed by atoms with Crippen LogP contribution in [0.1, 0.15) is 36.5 Å². The molecule has 0 spiro atoms. The van der Waals surface area contributed by atoms with Gasteiger partial charge >= 0.3 is 0 Å². The highest BCUT2D eigenvalue weighted by Crippen LogP contribution is 2.14. The number of benzene rings is 1. The van der Waals surface area contributed by atoms with E-state index in [1.54, 1.807) is 0 Å². The van der Waals surface area contributed by atoms with E-state index in [2.05, 4.69) is 19.1 Å². The molecule has 68 valence electrons. The molecule has 1 nitrogen and oxygen atoms in total. The van der Waals surface area contributed by atoms with Crippen LogP contribution in [0.3, 0.4) is 0 Å².